The van der Waals surface area contributed by atoms with Crippen LogP contribution in [-0.2, 0) is 22.4 Å². The van der Waals surface area contributed by atoms with E-state index in [1.807, 2.05) is 47.4 Å². The zero-order valence-electron chi connectivity index (χ0n) is 17.2. The monoisotopic (exact) mass is 394 g/mol. The maximum Gasteiger partial charge on any atom is 0.260 e. The van der Waals surface area contributed by atoms with Crippen molar-refractivity contribution in [3.8, 4) is 5.75 Å². The van der Waals surface area contributed by atoms with Crippen molar-refractivity contribution in [1.82, 2.24) is 9.80 Å². The molecule has 0 N–H and O–H groups in total. The first-order valence-corrected chi connectivity index (χ1v) is 10.5. The molecular weight excluding hydrogens is 364 g/mol. The Kier molecular flexibility index (Phi) is 7.68. The van der Waals surface area contributed by atoms with Gasteiger partial charge >= 0.3 is 0 Å². The molecule has 0 unspecified atom stereocenters. The van der Waals surface area contributed by atoms with Crippen LogP contribution in [0, 0.1) is 0 Å². The van der Waals surface area contributed by atoms with Crippen molar-refractivity contribution in [2.45, 2.75) is 32.6 Å². The zero-order chi connectivity index (χ0) is 20.5. The molecule has 154 valence electrons. The normalized spacial score (nSPS) is 14.0. The van der Waals surface area contributed by atoms with Gasteiger partial charge in [-0.25, -0.2) is 0 Å². The van der Waals surface area contributed by atoms with Gasteiger partial charge in [0.05, 0.1) is 0 Å². The first-order valence-electron chi connectivity index (χ1n) is 10.5. The molecule has 0 spiro atoms. The van der Waals surface area contributed by atoms with Gasteiger partial charge in [0, 0.05) is 32.6 Å². The second kappa shape index (κ2) is 10.6. The standard InChI is InChI=1S/C24H30N2O3/c1-2-21-12-6-7-13-22(21)29-19-24(28)26-17-15-25(16-18-26)23(27)14-8-11-20-9-4-3-5-10-20/h3-7,9-10,12-13H,2,8,11,14-19H2,1H3. The van der Waals surface area contributed by atoms with Crippen LogP contribution in [0.5, 0.6) is 5.75 Å². The van der Waals surface area contributed by atoms with Crippen LogP contribution in [0.4, 0.5) is 0 Å². The van der Waals surface area contributed by atoms with Crippen LogP contribution in [0.15, 0.2) is 54.6 Å². The number of ether oxygens (including phenoxy) is 1. The molecule has 2 amide bonds. The molecule has 0 atom stereocenters. The lowest BCUT2D eigenvalue weighted by Crippen LogP contribution is -2.51. The Labute approximate surface area is 173 Å². The highest BCUT2D eigenvalue weighted by Crippen LogP contribution is 2.18. The van der Waals surface area contributed by atoms with Crippen LogP contribution in [0.2, 0.25) is 0 Å². The molecule has 1 aliphatic rings. The third-order valence-corrected chi connectivity index (χ3v) is 5.39. The molecule has 5 nitrogen and oxygen atoms in total. The topological polar surface area (TPSA) is 49.9 Å². The fraction of sp³-hybridized carbons (Fsp3) is 0.417. The predicted molar refractivity (Wildman–Crippen MR) is 114 cm³/mol. The number of piperazine rings is 1. The van der Waals surface area contributed by atoms with Gasteiger partial charge in [-0.1, -0.05) is 55.5 Å². The summed E-state index contributed by atoms with van der Waals surface area (Å²) in [6.07, 6.45) is 3.20. The van der Waals surface area contributed by atoms with E-state index in [0.717, 1.165) is 30.6 Å². The maximum atomic E-state index is 12.5. The minimum atomic E-state index is -0.0212. The summed E-state index contributed by atoms with van der Waals surface area (Å²) in [4.78, 5) is 28.6. The van der Waals surface area contributed by atoms with Crippen LogP contribution < -0.4 is 4.74 Å². The van der Waals surface area contributed by atoms with E-state index in [0.29, 0.717) is 32.6 Å². The van der Waals surface area contributed by atoms with Gasteiger partial charge in [0.2, 0.25) is 5.91 Å². The fourth-order valence-electron chi connectivity index (χ4n) is 3.62. The number of amides is 2. The van der Waals surface area contributed by atoms with Crippen LogP contribution >= 0.6 is 0 Å². The molecule has 0 aliphatic carbocycles. The first kappa shape index (κ1) is 20.9. The van der Waals surface area contributed by atoms with Crippen LogP contribution in [0.3, 0.4) is 0 Å². The molecule has 29 heavy (non-hydrogen) atoms. The summed E-state index contributed by atoms with van der Waals surface area (Å²) in [7, 11) is 0. The minimum absolute atomic E-state index is 0.0212. The van der Waals surface area contributed by atoms with Crippen LogP contribution in [0.25, 0.3) is 0 Å². The molecule has 2 aromatic carbocycles. The molecule has 1 fully saturated rings. The Morgan fingerprint density at radius 2 is 1.48 bits per heavy atom. The quantitative estimate of drug-likeness (QED) is 0.690. The lowest BCUT2D eigenvalue weighted by Gasteiger charge is -2.34. The first-order chi connectivity index (χ1) is 14.2. The molecule has 0 aromatic heterocycles. The highest BCUT2D eigenvalue weighted by atomic mass is 16.5. The van der Waals surface area contributed by atoms with E-state index in [2.05, 4.69) is 19.1 Å². The summed E-state index contributed by atoms with van der Waals surface area (Å²) >= 11 is 0. The van der Waals surface area contributed by atoms with Gasteiger partial charge in [-0.3, -0.25) is 9.59 Å². The maximum absolute atomic E-state index is 12.5. The summed E-state index contributed by atoms with van der Waals surface area (Å²) < 4.78 is 5.74. The van der Waals surface area contributed by atoms with Crippen molar-refractivity contribution in [3.05, 3.63) is 65.7 Å². The largest absolute Gasteiger partial charge is 0.483 e. The lowest BCUT2D eigenvalue weighted by molar-refractivity contribution is -0.140. The third-order valence-electron chi connectivity index (χ3n) is 5.39. The number of carbonyl (C=O) groups excluding carboxylic acids is 2. The Bertz CT molecular complexity index is 799. The second-order valence-corrected chi connectivity index (χ2v) is 7.35. The van der Waals surface area contributed by atoms with Crippen molar-refractivity contribution < 1.29 is 14.3 Å². The van der Waals surface area contributed by atoms with Crippen LogP contribution in [-0.4, -0.2) is 54.4 Å². The molecule has 1 saturated heterocycles. The average molecular weight is 395 g/mol. The molecule has 1 aliphatic heterocycles. The number of rotatable bonds is 8. The van der Waals surface area contributed by atoms with E-state index < -0.39 is 0 Å². The number of hydrogen-bond donors (Lipinski definition) is 0. The van der Waals surface area contributed by atoms with Crippen molar-refractivity contribution in [1.29, 1.82) is 0 Å². The highest BCUT2D eigenvalue weighted by molar-refractivity contribution is 5.79. The van der Waals surface area contributed by atoms with Crippen molar-refractivity contribution in [2.75, 3.05) is 32.8 Å². The molecule has 2 aromatic rings. The smallest absolute Gasteiger partial charge is 0.260 e. The predicted octanol–water partition coefficient (Wildman–Crippen LogP) is 3.32. The summed E-state index contributed by atoms with van der Waals surface area (Å²) in [6.45, 7) is 4.45. The van der Waals surface area contributed by atoms with Gasteiger partial charge in [0.25, 0.3) is 5.91 Å². The van der Waals surface area contributed by atoms with Crippen LogP contribution in [0.1, 0.15) is 30.9 Å². The van der Waals surface area contributed by atoms with E-state index in [9.17, 15) is 9.59 Å². The van der Waals surface area contributed by atoms with Gasteiger partial charge in [-0.05, 0) is 36.5 Å². The molecule has 3 rings (SSSR count). The van der Waals surface area contributed by atoms with E-state index in [1.54, 1.807) is 4.90 Å². The van der Waals surface area contributed by atoms with Crippen molar-refractivity contribution in [2.24, 2.45) is 0 Å². The van der Waals surface area contributed by atoms with E-state index in [4.69, 9.17) is 4.74 Å². The summed E-state index contributed by atoms with van der Waals surface area (Å²) in [5, 5.41) is 0. The summed E-state index contributed by atoms with van der Waals surface area (Å²) in [5.74, 6) is 0.934. The molecule has 5 heteroatoms. The minimum Gasteiger partial charge on any atom is -0.483 e. The number of hydrogen-bond acceptors (Lipinski definition) is 3. The Morgan fingerprint density at radius 1 is 0.862 bits per heavy atom. The second-order valence-electron chi connectivity index (χ2n) is 7.35. The molecule has 0 radical (unpaired) electrons. The van der Waals surface area contributed by atoms with E-state index in [1.165, 1.54) is 5.56 Å². The Balaban J connectivity index is 1.38. The number of benzene rings is 2. The molecule has 0 bridgehead atoms. The average Bonchev–Trinajstić information content (AvgIpc) is 2.78. The number of nitrogens with zero attached hydrogens (tertiary/aromatic N) is 2. The highest BCUT2D eigenvalue weighted by Gasteiger charge is 2.24. The molecular formula is C24H30N2O3. The summed E-state index contributed by atoms with van der Waals surface area (Å²) in [5.41, 5.74) is 2.37. The molecule has 0 saturated carbocycles. The summed E-state index contributed by atoms with van der Waals surface area (Å²) in [6, 6.07) is 18.1. The molecule has 1 heterocycles. The SMILES string of the molecule is CCc1ccccc1OCC(=O)N1CCN(C(=O)CCCc2ccccc2)CC1. The van der Waals surface area contributed by atoms with E-state index >= 15 is 0 Å². The number of carbonyl (C=O) groups is 2. The van der Waals surface area contributed by atoms with E-state index in [-0.39, 0.29) is 18.4 Å². The van der Waals surface area contributed by atoms with Crippen molar-refractivity contribution in [3.63, 3.8) is 0 Å². The van der Waals surface area contributed by atoms with Crippen molar-refractivity contribution >= 4 is 11.8 Å². The fourth-order valence-corrected chi connectivity index (χ4v) is 3.62. The zero-order valence-corrected chi connectivity index (χ0v) is 17.2. The van der Waals surface area contributed by atoms with Gasteiger partial charge in [-0.2, -0.15) is 0 Å². The lowest BCUT2D eigenvalue weighted by atomic mass is 10.1. The van der Waals surface area contributed by atoms with Gasteiger partial charge in [-0.15, -0.1) is 0 Å². The Hall–Kier alpha value is -2.82. The Morgan fingerprint density at radius 3 is 2.17 bits per heavy atom. The van der Waals surface area contributed by atoms with Gasteiger partial charge in [0.15, 0.2) is 6.61 Å². The van der Waals surface area contributed by atoms with Gasteiger partial charge in [0.1, 0.15) is 5.75 Å². The number of aryl methyl sites for hydroxylation is 2. The number of para-hydroxylation sites is 1. The van der Waals surface area contributed by atoms with Gasteiger partial charge < -0.3 is 14.5 Å². The third kappa shape index (κ3) is 6.08.